The van der Waals surface area contributed by atoms with Gasteiger partial charge in [0.1, 0.15) is 0 Å². The molecule has 0 atom stereocenters. The second kappa shape index (κ2) is 16.7. The molecule has 0 rings (SSSR count). The van der Waals surface area contributed by atoms with E-state index in [-0.39, 0.29) is 11.7 Å². The van der Waals surface area contributed by atoms with Gasteiger partial charge in [0.05, 0.1) is 5.75 Å². The lowest BCUT2D eigenvalue weighted by Gasteiger charge is -2.01. The van der Waals surface area contributed by atoms with Crippen LogP contribution in [0, 0.1) is 0 Å². The summed E-state index contributed by atoms with van der Waals surface area (Å²) in [6.07, 6.45) is 12.9. The molecule has 1 amide bonds. The van der Waals surface area contributed by atoms with E-state index in [1.165, 1.54) is 51.4 Å². The maximum atomic E-state index is 10.9. The number of rotatable bonds is 12. The predicted molar refractivity (Wildman–Crippen MR) is 92.6 cm³/mol. The van der Waals surface area contributed by atoms with Gasteiger partial charge in [0.2, 0.25) is 5.91 Å². The Morgan fingerprint density at radius 2 is 1.32 bits per heavy atom. The number of carbonyl (C=O) groups excluding carboxylic acids is 1. The highest BCUT2D eigenvalue weighted by Crippen LogP contribution is 2.10. The minimum absolute atomic E-state index is 0.132. The molecule has 0 aromatic heterocycles. The minimum atomic E-state index is -3.67. The molecule has 134 valence electrons. The lowest BCUT2D eigenvalue weighted by Crippen LogP contribution is -2.16. The van der Waals surface area contributed by atoms with Crippen LogP contribution in [0.25, 0.3) is 0 Å². The van der Waals surface area contributed by atoms with Crippen molar-refractivity contribution in [1.82, 2.24) is 5.32 Å². The Labute approximate surface area is 137 Å². The number of nitrogens with one attached hydrogen (secondary N) is 1. The summed E-state index contributed by atoms with van der Waals surface area (Å²) in [6.45, 7) is 3.94. The summed E-state index contributed by atoms with van der Waals surface area (Å²) < 4.78 is 27.6. The molecule has 0 saturated heterocycles. The van der Waals surface area contributed by atoms with Crippen LogP contribution < -0.4 is 5.32 Å². The van der Waals surface area contributed by atoms with Crippen molar-refractivity contribution < 1.29 is 17.8 Å². The van der Waals surface area contributed by atoms with Gasteiger partial charge in [0, 0.05) is 13.5 Å². The average Bonchev–Trinajstić information content (AvgIpc) is 2.44. The van der Waals surface area contributed by atoms with Gasteiger partial charge in [-0.1, -0.05) is 65.2 Å². The van der Waals surface area contributed by atoms with Crippen LogP contribution in [0.4, 0.5) is 0 Å². The van der Waals surface area contributed by atoms with E-state index in [0.717, 1.165) is 6.42 Å². The van der Waals surface area contributed by atoms with Gasteiger partial charge in [-0.15, -0.1) is 0 Å². The van der Waals surface area contributed by atoms with Crippen LogP contribution in [0.1, 0.15) is 84.5 Å². The molecule has 5 nitrogen and oxygen atoms in total. The molecule has 0 radical (unpaired) electrons. The third kappa shape index (κ3) is 24.4. The maximum Gasteiger partial charge on any atom is 0.264 e. The fourth-order valence-electron chi connectivity index (χ4n) is 1.98. The summed E-state index contributed by atoms with van der Waals surface area (Å²) in [6, 6.07) is 0. The first-order chi connectivity index (χ1) is 10.4. The Balaban J connectivity index is 0. The average molecular weight is 338 g/mol. The van der Waals surface area contributed by atoms with Gasteiger partial charge in [-0.05, 0) is 12.8 Å². The summed E-state index contributed by atoms with van der Waals surface area (Å²) in [5, 5.41) is 2.65. The Morgan fingerprint density at radius 3 is 1.64 bits per heavy atom. The normalized spacial score (nSPS) is 10.7. The molecule has 0 fully saturated rings. The van der Waals surface area contributed by atoms with E-state index in [9.17, 15) is 13.2 Å². The van der Waals surface area contributed by atoms with Gasteiger partial charge in [0.25, 0.3) is 10.1 Å². The van der Waals surface area contributed by atoms with Crippen molar-refractivity contribution in [2.45, 2.75) is 84.5 Å². The Kier molecular flexibility index (Phi) is 18.0. The fraction of sp³-hybridized carbons (Fsp3) is 0.938. The highest BCUT2D eigenvalue weighted by molar-refractivity contribution is 7.85. The molecule has 22 heavy (non-hydrogen) atoms. The van der Waals surface area contributed by atoms with E-state index in [4.69, 9.17) is 4.55 Å². The molecule has 0 spiro atoms. The molecule has 6 heteroatoms. The molecular weight excluding hydrogens is 302 g/mol. The SMILES string of the molecule is CCCCCCCCCCCC(=O)NC.CCCS(=O)(=O)O. The molecule has 2 N–H and O–H groups in total. The van der Waals surface area contributed by atoms with Gasteiger partial charge in [-0.25, -0.2) is 0 Å². The van der Waals surface area contributed by atoms with E-state index in [1.807, 2.05) is 0 Å². The highest BCUT2D eigenvalue weighted by atomic mass is 32.2. The molecule has 0 bridgehead atoms. The Bertz CT molecular complexity index is 342. The molecule has 0 aliphatic heterocycles. The van der Waals surface area contributed by atoms with Crippen molar-refractivity contribution >= 4 is 16.0 Å². The van der Waals surface area contributed by atoms with Crippen molar-refractivity contribution in [1.29, 1.82) is 0 Å². The third-order valence-electron chi connectivity index (χ3n) is 3.25. The Hall–Kier alpha value is -0.620. The smallest absolute Gasteiger partial charge is 0.264 e. The van der Waals surface area contributed by atoms with E-state index >= 15 is 0 Å². The summed E-state index contributed by atoms with van der Waals surface area (Å²) in [5.41, 5.74) is 0. The standard InChI is InChI=1S/C13H27NO.C3H8O3S/c1-3-4-5-6-7-8-9-10-11-12-13(15)14-2;1-2-3-7(4,5)6/h3-12H2,1-2H3,(H,14,15);2-3H2,1H3,(H,4,5,6). The van der Waals surface area contributed by atoms with Crippen LogP contribution >= 0.6 is 0 Å². The first-order valence-corrected chi connectivity index (χ1v) is 10.1. The van der Waals surface area contributed by atoms with Gasteiger partial charge < -0.3 is 5.32 Å². The van der Waals surface area contributed by atoms with E-state index in [0.29, 0.717) is 12.8 Å². The fourth-order valence-corrected chi connectivity index (χ4v) is 2.50. The first kappa shape index (κ1) is 23.6. The van der Waals surface area contributed by atoms with Crippen LogP contribution in [0.3, 0.4) is 0 Å². The zero-order valence-electron chi connectivity index (χ0n) is 14.6. The van der Waals surface area contributed by atoms with Gasteiger partial charge in [-0.3, -0.25) is 9.35 Å². The number of hydrogen-bond acceptors (Lipinski definition) is 3. The number of unbranched alkanes of at least 4 members (excludes halogenated alkanes) is 8. The summed E-state index contributed by atoms with van der Waals surface area (Å²) in [5.74, 6) is 0.0467. The molecule has 0 saturated carbocycles. The van der Waals surface area contributed by atoms with Crippen LogP contribution in [-0.4, -0.2) is 31.7 Å². The van der Waals surface area contributed by atoms with Crippen LogP contribution in [0.5, 0.6) is 0 Å². The van der Waals surface area contributed by atoms with Crippen LogP contribution in [0.15, 0.2) is 0 Å². The topological polar surface area (TPSA) is 83.5 Å². The summed E-state index contributed by atoms with van der Waals surface area (Å²) in [4.78, 5) is 10.9. The highest BCUT2D eigenvalue weighted by Gasteiger charge is 1.98. The molecule has 0 heterocycles. The third-order valence-corrected chi connectivity index (χ3v) is 4.17. The zero-order valence-corrected chi connectivity index (χ0v) is 15.4. The minimum Gasteiger partial charge on any atom is -0.359 e. The second-order valence-electron chi connectivity index (χ2n) is 5.54. The van der Waals surface area contributed by atoms with Crippen molar-refractivity contribution in [2.75, 3.05) is 12.8 Å². The van der Waals surface area contributed by atoms with Crippen LogP contribution in [0.2, 0.25) is 0 Å². The molecular formula is C16H35NO4S. The van der Waals surface area contributed by atoms with Gasteiger partial charge in [0.15, 0.2) is 0 Å². The Morgan fingerprint density at radius 1 is 0.864 bits per heavy atom. The summed E-state index contributed by atoms with van der Waals surface area (Å²) >= 11 is 0. The molecule has 0 unspecified atom stereocenters. The molecule has 0 aliphatic carbocycles. The van der Waals surface area contributed by atoms with Crippen molar-refractivity contribution in [3.05, 3.63) is 0 Å². The molecule has 0 aromatic carbocycles. The van der Waals surface area contributed by atoms with Crippen molar-refractivity contribution in [3.8, 4) is 0 Å². The molecule has 0 aromatic rings. The largest absolute Gasteiger partial charge is 0.359 e. The first-order valence-electron chi connectivity index (χ1n) is 8.53. The number of hydrogen-bond donors (Lipinski definition) is 2. The maximum absolute atomic E-state index is 10.9. The van der Waals surface area contributed by atoms with Crippen molar-refractivity contribution in [3.63, 3.8) is 0 Å². The number of carbonyl (C=O) groups is 1. The summed E-state index contributed by atoms with van der Waals surface area (Å²) in [7, 11) is -1.97. The lowest BCUT2D eigenvalue weighted by atomic mass is 10.1. The van der Waals surface area contributed by atoms with E-state index in [2.05, 4.69) is 12.2 Å². The van der Waals surface area contributed by atoms with Crippen molar-refractivity contribution in [2.24, 2.45) is 0 Å². The lowest BCUT2D eigenvalue weighted by molar-refractivity contribution is -0.120. The van der Waals surface area contributed by atoms with Crippen LogP contribution in [-0.2, 0) is 14.9 Å². The predicted octanol–water partition coefficient (Wildman–Crippen LogP) is 3.94. The van der Waals surface area contributed by atoms with Gasteiger partial charge in [-0.2, -0.15) is 8.42 Å². The van der Waals surface area contributed by atoms with Gasteiger partial charge >= 0.3 is 0 Å². The quantitative estimate of drug-likeness (QED) is 0.417. The van der Waals surface area contributed by atoms with E-state index in [1.54, 1.807) is 14.0 Å². The number of amides is 1. The molecule has 0 aliphatic rings. The zero-order chi connectivity index (χ0) is 17.3. The van der Waals surface area contributed by atoms with E-state index < -0.39 is 10.1 Å². The monoisotopic (exact) mass is 337 g/mol. The second-order valence-corrected chi connectivity index (χ2v) is 7.11.